The van der Waals surface area contributed by atoms with E-state index in [2.05, 4.69) is 9.71 Å². The van der Waals surface area contributed by atoms with Crippen molar-refractivity contribution in [1.29, 1.82) is 0 Å². The van der Waals surface area contributed by atoms with Crippen molar-refractivity contribution in [2.75, 3.05) is 4.72 Å². The lowest BCUT2D eigenvalue weighted by Crippen LogP contribution is -2.13. The smallest absolute Gasteiger partial charge is 0.261 e. The zero-order valence-electron chi connectivity index (χ0n) is 11.3. The van der Waals surface area contributed by atoms with Crippen molar-refractivity contribution in [2.24, 2.45) is 0 Å². The van der Waals surface area contributed by atoms with E-state index in [9.17, 15) is 13.5 Å². The summed E-state index contributed by atoms with van der Waals surface area (Å²) in [6, 6.07) is 12.2. The molecule has 7 heteroatoms. The van der Waals surface area contributed by atoms with Crippen LogP contribution in [0.15, 0.2) is 70.3 Å². The summed E-state index contributed by atoms with van der Waals surface area (Å²) in [5, 5.41) is 9.61. The van der Waals surface area contributed by atoms with Gasteiger partial charge in [-0.3, -0.25) is 4.72 Å². The van der Waals surface area contributed by atoms with Crippen LogP contribution in [0.25, 0.3) is 11.5 Å². The van der Waals surface area contributed by atoms with Gasteiger partial charge in [0.15, 0.2) is 0 Å². The fourth-order valence-corrected chi connectivity index (χ4v) is 3.06. The predicted molar refractivity (Wildman–Crippen MR) is 80.9 cm³/mol. The molecule has 0 aliphatic carbocycles. The third-order valence-corrected chi connectivity index (χ3v) is 4.35. The van der Waals surface area contributed by atoms with Crippen molar-refractivity contribution in [3.05, 3.63) is 61.0 Å². The molecular weight excluding hydrogens is 304 g/mol. The quantitative estimate of drug-likeness (QED) is 0.722. The average molecular weight is 316 g/mol. The summed E-state index contributed by atoms with van der Waals surface area (Å²) in [4.78, 5) is 4.12. The van der Waals surface area contributed by atoms with Gasteiger partial charge in [-0.2, -0.15) is 0 Å². The highest BCUT2D eigenvalue weighted by molar-refractivity contribution is 7.92. The average Bonchev–Trinajstić information content (AvgIpc) is 3.04. The number of phenols is 1. The maximum Gasteiger partial charge on any atom is 0.261 e. The van der Waals surface area contributed by atoms with Gasteiger partial charge in [-0.25, -0.2) is 13.4 Å². The number of hydrogen-bond acceptors (Lipinski definition) is 5. The van der Waals surface area contributed by atoms with Crippen LogP contribution in [0.3, 0.4) is 0 Å². The molecule has 3 rings (SSSR count). The fraction of sp³-hybridized carbons (Fsp3) is 0. The van der Waals surface area contributed by atoms with E-state index in [1.807, 2.05) is 0 Å². The minimum atomic E-state index is -3.74. The van der Waals surface area contributed by atoms with Crippen LogP contribution in [0.2, 0.25) is 0 Å². The third kappa shape index (κ3) is 2.79. The summed E-state index contributed by atoms with van der Waals surface area (Å²) in [5.41, 5.74) is 0.619. The van der Waals surface area contributed by atoms with Gasteiger partial charge >= 0.3 is 0 Å². The number of aromatic nitrogens is 1. The standard InChI is InChI=1S/C15H12N2O4S/c18-11-6-7-14(13(10-11)15-16-8-9-21-15)17-22(19,20)12-4-2-1-3-5-12/h1-10,17-18H. The largest absolute Gasteiger partial charge is 0.508 e. The number of benzene rings is 2. The second-order valence-electron chi connectivity index (χ2n) is 4.49. The molecule has 0 unspecified atom stereocenters. The topological polar surface area (TPSA) is 92.4 Å². The molecule has 0 saturated heterocycles. The van der Waals surface area contributed by atoms with Gasteiger partial charge in [-0.05, 0) is 30.3 Å². The first-order valence-corrected chi connectivity index (χ1v) is 7.85. The van der Waals surface area contributed by atoms with E-state index < -0.39 is 10.0 Å². The molecule has 0 spiro atoms. The molecule has 0 aliphatic heterocycles. The molecule has 0 aliphatic rings. The maximum atomic E-state index is 12.4. The molecule has 6 nitrogen and oxygen atoms in total. The molecule has 0 saturated carbocycles. The number of nitrogens with zero attached hydrogens (tertiary/aromatic N) is 1. The molecule has 1 heterocycles. The third-order valence-electron chi connectivity index (χ3n) is 2.96. The summed E-state index contributed by atoms with van der Waals surface area (Å²) in [6.07, 6.45) is 2.81. The van der Waals surface area contributed by atoms with Gasteiger partial charge in [0.05, 0.1) is 22.3 Å². The molecule has 0 fully saturated rings. The number of phenolic OH excluding ortho intramolecular Hbond substituents is 1. The molecular formula is C15H12N2O4S. The van der Waals surface area contributed by atoms with Crippen LogP contribution in [0.4, 0.5) is 5.69 Å². The summed E-state index contributed by atoms with van der Waals surface area (Å²) < 4.78 is 32.4. The van der Waals surface area contributed by atoms with Gasteiger partial charge < -0.3 is 9.52 Å². The van der Waals surface area contributed by atoms with Gasteiger partial charge in [0.1, 0.15) is 12.0 Å². The number of sulfonamides is 1. The van der Waals surface area contributed by atoms with Gasteiger partial charge in [0.25, 0.3) is 10.0 Å². The summed E-state index contributed by atoms with van der Waals surface area (Å²) in [7, 11) is -3.74. The first-order valence-electron chi connectivity index (χ1n) is 6.37. The molecule has 1 aromatic heterocycles. The predicted octanol–water partition coefficient (Wildman–Crippen LogP) is 2.85. The first kappa shape index (κ1) is 14.2. The Hall–Kier alpha value is -2.80. The van der Waals surface area contributed by atoms with E-state index in [0.717, 1.165) is 0 Å². The van der Waals surface area contributed by atoms with Crippen molar-refractivity contribution in [1.82, 2.24) is 4.98 Å². The van der Waals surface area contributed by atoms with Crippen LogP contribution in [0, 0.1) is 0 Å². The Morgan fingerprint density at radius 3 is 2.55 bits per heavy atom. The van der Waals surface area contributed by atoms with Crippen LogP contribution in [0.5, 0.6) is 5.75 Å². The highest BCUT2D eigenvalue weighted by Gasteiger charge is 2.18. The van der Waals surface area contributed by atoms with Crippen molar-refractivity contribution in [3.8, 4) is 17.2 Å². The van der Waals surface area contributed by atoms with Crippen LogP contribution in [0.1, 0.15) is 0 Å². The van der Waals surface area contributed by atoms with Gasteiger partial charge in [0, 0.05) is 0 Å². The van der Waals surface area contributed by atoms with E-state index in [1.54, 1.807) is 18.2 Å². The number of rotatable bonds is 4. The molecule has 0 amide bonds. The van der Waals surface area contributed by atoms with Crippen molar-refractivity contribution in [3.63, 3.8) is 0 Å². The number of hydrogen-bond donors (Lipinski definition) is 2. The summed E-state index contributed by atoms with van der Waals surface area (Å²) >= 11 is 0. The van der Waals surface area contributed by atoms with Crippen LogP contribution < -0.4 is 4.72 Å². The highest BCUT2D eigenvalue weighted by Crippen LogP contribution is 2.31. The Balaban J connectivity index is 2.03. The molecule has 0 bridgehead atoms. The fourth-order valence-electron chi connectivity index (χ4n) is 1.96. The molecule has 0 atom stereocenters. The Morgan fingerprint density at radius 2 is 1.86 bits per heavy atom. The van der Waals surface area contributed by atoms with Crippen LogP contribution in [-0.4, -0.2) is 18.5 Å². The lowest BCUT2D eigenvalue weighted by Gasteiger charge is -2.11. The molecule has 2 aromatic carbocycles. The minimum absolute atomic E-state index is 0.0177. The normalized spacial score (nSPS) is 11.3. The summed E-state index contributed by atoms with van der Waals surface area (Å²) in [6.45, 7) is 0. The lowest BCUT2D eigenvalue weighted by molar-refractivity contribution is 0.475. The molecule has 0 radical (unpaired) electrons. The Bertz CT molecular complexity index is 875. The summed E-state index contributed by atoms with van der Waals surface area (Å²) in [5.74, 6) is 0.192. The second kappa shape index (κ2) is 5.53. The van der Waals surface area contributed by atoms with E-state index in [1.165, 1.54) is 42.8 Å². The number of nitrogens with one attached hydrogen (secondary N) is 1. The van der Waals surface area contributed by atoms with Crippen molar-refractivity contribution < 1.29 is 17.9 Å². The number of oxazole rings is 1. The van der Waals surface area contributed by atoms with E-state index in [-0.39, 0.29) is 22.2 Å². The van der Waals surface area contributed by atoms with E-state index in [0.29, 0.717) is 5.56 Å². The van der Waals surface area contributed by atoms with Gasteiger partial charge in [0.2, 0.25) is 5.89 Å². The molecule has 112 valence electrons. The molecule has 22 heavy (non-hydrogen) atoms. The van der Waals surface area contributed by atoms with Gasteiger partial charge in [-0.1, -0.05) is 18.2 Å². The number of aromatic hydroxyl groups is 1. The van der Waals surface area contributed by atoms with Crippen molar-refractivity contribution >= 4 is 15.7 Å². The SMILES string of the molecule is O=S(=O)(Nc1ccc(O)cc1-c1ncco1)c1ccccc1. The Morgan fingerprint density at radius 1 is 1.09 bits per heavy atom. The highest BCUT2D eigenvalue weighted by atomic mass is 32.2. The first-order chi connectivity index (χ1) is 10.6. The van der Waals surface area contributed by atoms with E-state index >= 15 is 0 Å². The molecule has 2 N–H and O–H groups in total. The van der Waals surface area contributed by atoms with Crippen LogP contribution >= 0.6 is 0 Å². The minimum Gasteiger partial charge on any atom is -0.508 e. The van der Waals surface area contributed by atoms with Crippen molar-refractivity contribution in [2.45, 2.75) is 4.90 Å². The van der Waals surface area contributed by atoms with E-state index in [4.69, 9.17) is 4.42 Å². The second-order valence-corrected chi connectivity index (χ2v) is 6.17. The van der Waals surface area contributed by atoms with Crippen LogP contribution in [-0.2, 0) is 10.0 Å². The maximum absolute atomic E-state index is 12.4. The Labute approximate surface area is 127 Å². The zero-order valence-corrected chi connectivity index (χ0v) is 12.1. The van der Waals surface area contributed by atoms with Gasteiger partial charge in [-0.15, -0.1) is 0 Å². The monoisotopic (exact) mass is 316 g/mol. The Kier molecular flexibility index (Phi) is 3.56. The zero-order chi connectivity index (χ0) is 15.6. The lowest BCUT2D eigenvalue weighted by atomic mass is 10.1. The number of anilines is 1. The molecule has 3 aromatic rings.